The minimum absolute atomic E-state index is 0.783. The van der Waals surface area contributed by atoms with Gasteiger partial charge < -0.3 is 4.57 Å². The molecule has 0 aromatic heterocycles. The van der Waals surface area contributed by atoms with Gasteiger partial charge in [0.2, 0.25) is 0 Å². The van der Waals surface area contributed by atoms with Crippen molar-refractivity contribution >= 4 is 23.3 Å². The Balaban J connectivity index is 2.08. The molecule has 1 nitrogen and oxygen atoms in total. The van der Waals surface area contributed by atoms with Gasteiger partial charge in [0.1, 0.15) is 0 Å². The average molecular weight is 330 g/mol. The van der Waals surface area contributed by atoms with Gasteiger partial charge in [-0.05, 0) is 23.1 Å². The van der Waals surface area contributed by atoms with Crippen LogP contribution in [0.3, 0.4) is 0 Å². The summed E-state index contributed by atoms with van der Waals surface area (Å²) in [6.07, 6.45) is 0.783. The zero-order valence-corrected chi connectivity index (χ0v) is 14.5. The number of rotatable bonds is 3. The molecule has 0 N–H and O–H groups in total. The van der Waals surface area contributed by atoms with E-state index >= 15 is 0 Å². The molecule has 0 aliphatic carbocycles. The van der Waals surface area contributed by atoms with E-state index in [1.807, 2.05) is 66.7 Å². The Hall–Kier alpha value is -2.37. The van der Waals surface area contributed by atoms with Gasteiger partial charge in [-0.1, -0.05) is 91.9 Å². The van der Waals surface area contributed by atoms with Gasteiger partial charge in [0, 0.05) is 15.9 Å². The van der Waals surface area contributed by atoms with E-state index in [1.54, 1.807) is 0 Å². The van der Waals surface area contributed by atoms with Gasteiger partial charge in [0.05, 0.1) is 0 Å². The smallest absolute Gasteiger partial charge is 0.168 e. The van der Waals surface area contributed by atoms with Crippen molar-refractivity contribution < 1.29 is 4.57 Å². The van der Waals surface area contributed by atoms with Gasteiger partial charge in [-0.15, -0.1) is 0 Å². The molecule has 2 heteroatoms. The summed E-state index contributed by atoms with van der Waals surface area (Å²) in [6.45, 7) is 2.11. The number of allylic oxidation sites excluding steroid dienone is 1. The SMILES string of the molecule is CCC1=C(c2ccccc2)c2ccccc2[P@@]1(=O)c1ccccc1. The number of fused-ring (bicyclic) bond motifs is 1. The van der Waals surface area contributed by atoms with E-state index in [9.17, 15) is 4.57 Å². The molecule has 1 heterocycles. The van der Waals surface area contributed by atoms with Crippen molar-refractivity contribution in [2.75, 3.05) is 0 Å². The van der Waals surface area contributed by atoms with Gasteiger partial charge in [-0.3, -0.25) is 0 Å². The second kappa shape index (κ2) is 5.92. The normalized spacial score (nSPS) is 19.4. The molecule has 0 bridgehead atoms. The molecule has 1 aliphatic rings. The van der Waals surface area contributed by atoms with Gasteiger partial charge in [0.15, 0.2) is 7.14 Å². The van der Waals surface area contributed by atoms with E-state index in [0.717, 1.165) is 39.0 Å². The van der Waals surface area contributed by atoms with Crippen LogP contribution < -0.4 is 10.6 Å². The third-order valence-corrected chi connectivity index (χ3v) is 8.09. The van der Waals surface area contributed by atoms with Crippen molar-refractivity contribution in [3.63, 3.8) is 0 Å². The van der Waals surface area contributed by atoms with Crippen LogP contribution in [0, 0.1) is 0 Å². The van der Waals surface area contributed by atoms with Crippen LogP contribution in [0.15, 0.2) is 90.2 Å². The predicted octanol–water partition coefficient (Wildman–Crippen LogP) is 5.18. The minimum Gasteiger partial charge on any atom is -0.309 e. The third-order valence-electron chi connectivity index (χ3n) is 4.70. The summed E-state index contributed by atoms with van der Waals surface area (Å²) in [6, 6.07) is 28.5. The van der Waals surface area contributed by atoms with Gasteiger partial charge in [-0.2, -0.15) is 0 Å². The number of hydrogen-bond acceptors (Lipinski definition) is 1. The van der Waals surface area contributed by atoms with E-state index in [1.165, 1.54) is 0 Å². The van der Waals surface area contributed by atoms with Crippen molar-refractivity contribution in [2.24, 2.45) is 0 Å². The molecule has 0 fully saturated rings. The maximum Gasteiger partial charge on any atom is 0.168 e. The first-order chi connectivity index (χ1) is 11.8. The Labute approximate surface area is 143 Å². The summed E-state index contributed by atoms with van der Waals surface area (Å²) in [7, 11) is -2.76. The molecule has 3 aromatic carbocycles. The highest BCUT2D eigenvalue weighted by molar-refractivity contribution is 7.83. The molecular formula is C22H19OP. The van der Waals surface area contributed by atoms with Crippen molar-refractivity contribution in [3.05, 3.63) is 101 Å². The maximum absolute atomic E-state index is 14.3. The van der Waals surface area contributed by atoms with E-state index < -0.39 is 7.14 Å². The minimum atomic E-state index is -2.76. The summed E-state index contributed by atoms with van der Waals surface area (Å²) >= 11 is 0. The molecule has 118 valence electrons. The van der Waals surface area contributed by atoms with E-state index in [2.05, 4.69) is 25.1 Å². The van der Waals surface area contributed by atoms with Crippen molar-refractivity contribution in [1.82, 2.24) is 0 Å². The molecule has 24 heavy (non-hydrogen) atoms. The second-order valence-corrected chi connectivity index (χ2v) is 8.76. The predicted molar refractivity (Wildman–Crippen MR) is 103 cm³/mol. The molecule has 0 amide bonds. The van der Waals surface area contributed by atoms with Crippen molar-refractivity contribution in [1.29, 1.82) is 0 Å². The first-order valence-corrected chi connectivity index (χ1v) is 10.0. The number of hydrogen-bond donors (Lipinski definition) is 0. The van der Waals surface area contributed by atoms with Crippen LogP contribution in [0.4, 0.5) is 0 Å². The van der Waals surface area contributed by atoms with Crippen LogP contribution in [-0.2, 0) is 4.57 Å². The molecule has 0 unspecified atom stereocenters. The van der Waals surface area contributed by atoms with E-state index in [-0.39, 0.29) is 0 Å². The van der Waals surface area contributed by atoms with Crippen molar-refractivity contribution in [3.8, 4) is 0 Å². The molecule has 3 aromatic rings. The summed E-state index contributed by atoms with van der Waals surface area (Å²) in [4.78, 5) is 0. The summed E-state index contributed by atoms with van der Waals surface area (Å²) < 4.78 is 14.3. The largest absolute Gasteiger partial charge is 0.309 e. The van der Waals surface area contributed by atoms with Crippen LogP contribution in [0.5, 0.6) is 0 Å². The molecule has 1 aliphatic heterocycles. The van der Waals surface area contributed by atoms with Crippen molar-refractivity contribution in [2.45, 2.75) is 13.3 Å². The summed E-state index contributed by atoms with van der Waals surface area (Å²) in [5, 5.41) is 2.98. The van der Waals surface area contributed by atoms with E-state index in [4.69, 9.17) is 0 Å². The lowest BCUT2D eigenvalue weighted by Gasteiger charge is -2.18. The fraction of sp³-hybridized carbons (Fsp3) is 0.0909. The summed E-state index contributed by atoms with van der Waals surface area (Å²) in [5.41, 5.74) is 3.42. The quantitative estimate of drug-likeness (QED) is 0.605. The lowest BCUT2D eigenvalue weighted by atomic mass is 9.97. The topological polar surface area (TPSA) is 17.1 Å². The van der Waals surface area contributed by atoms with Crippen LogP contribution in [0.2, 0.25) is 0 Å². The standard InChI is InChI=1S/C22H19OP/c1-2-20-22(17-11-5-3-6-12-17)19-15-9-10-16-21(19)24(20,23)18-13-7-4-8-14-18/h3-16H,2H2,1H3/t24-/m1/s1. The monoisotopic (exact) mass is 330 g/mol. The first kappa shape index (κ1) is 15.2. The molecule has 0 saturated heterocycles. The van der Waals surface area contributed by atoms with Crippen LogP contribution in [0.25, 0.3) is 5.57 Å². The maximum atomic E-state index is 14.3. The fourth-order valence-corrected chi connectivity index (χ4v) is 6.98. The third kappa shape index (κ3) is 2.12. The molecule has 0 saturated carbocycles. The fourth-order valence-electron chi connectivity index (χ4n) is 3.68. The van der Waals surface area contributed by atoms with Gasteiger partial charge in [0.25, 0.3) is 0 Å². The lowest BCUT2D eigenvalue weighted by Crippen LogP contribution is -2.15. The summed E-state index contributed by atoms with van der Waals surface area (Å²) in [5.74, 6) is 0. The lowest BCUT2D eigenvalue weighted by molar-refractivity contribution is 0.590. The molecule has 4 rings (SSSR count). The van der Waals surface area contributed by atoms with Crippen LogP contribution >= 0.6 is 7.14 Å². The van der Waals surface area contributed by atoms with Gasteiger partial charge in [-0.25, -0.2) is 0 Å². The molecule has 1 atom stereocenters. The highest BCUT2D eigenvalue weighted by Crippen LogP contribution is 2.62. The van der Waals surface area contributed by atoms with Crippen LogP contribution in [0.1, 0.15) is 24.5 Å². The average Bonchev–Trinajstić information content (AvgIpc) is 2.93. The molecule has 0 spiro atoms. The van der Waals surface area contributed by atoms with E-state index in [0.29, 0.717) is 0 Å². The Morgan fingerprint density at radius 2 is 1.33 bits per heavy atom. The number of benzene rings is 3. The zero-order valence-electron chi connectivity index (χ0n) is 13.6. The van der Waals surface area contributed by atoms with Gasteiger partial charge >= 0.3 is 0 Å². The second-order valence-electron chi connectivity index (χ2n) is 6.00. The Morgan fingerprint density at radius 1 is 0.750 bits per heavy atom. The van der Waals surface area contributed by atoms with Crippen LogP contribution in [-0.4, -0.2) is 0 Å². The Kier molecular flexibility index (Phi) is 3.75. The zero-order chi connectivity index (χ0) is 16.6. The first-order valence-electron chi connectivity index (χ1n) is 8.31. The highest BCUT2D eigenvalue weighted by Gasteiger charge is 2.41. The Bertz CT molecular complexity index is 956. The highest BCUT2D eigenvalue weighted by atomic mass is 31.2. The Morgan fingerprint density at radius 3 is 2.00 bits per heavy atom. The molecule has 0 radical (unpaired) electrons. The molecular weight excluding hydrogens is 311 g/mol.